The summed E-state index contributed by atoms with van der Waals surface area (Å²) in [6, 6.07) is 9.85. The molecule has 0 aliphatic carbocycles. The molecule has 1 saturated heterocycles. The van der Waals surface area contributed by atoms with Crippen LogP contribution in [-0.4, -0.2) is 45.3 Å². The monoisotopic (exact) mass is 451 g/mol. The first kappa shape index (κ1) is 20.4. The van der Waals surface area contributed by atoms with E-state index in [9.17, 15) is 16.8 Å². The molecule has 0 unspecified atom stereocenters. The molecule has 1 aliphatic rings. The van der Waals surface area contributed by atoms with Crippen LogP contribution < -0.4 is 4.72 Å². The Labute approximate surface area is 174 Å². The standard InChI is InChI=1S/C19H21N3O4S3/c1-14-6-7-17(16-4-2-10-20-19(14)16)29(25,26)22-11-8-15(9-12-22)21-28(23,24)18-5-3-13-27-18/h2-7,10,13,15,21H,8-9,11-12H2,1H3. The summed E-state index contributed by atoms with van der Waals surface area (Å²) in [4.78, 5) is 4.56. The highest BCUT2D eigenvalue weighted by atomic mass is 32.2. The number of nitrogens with one attached hydrogen (secondary N) is 1. The normalized spacial score (nSPS) is 17.0. The molecule has 0 spiro atoms. The van der Waals surface area contributed by atoms with Crippen molar-refractivity contribution in [3.63, 3.8) is 0 Å². The van der Waals surface area contributed by atoms with Gasteiger partial charge < -0.3 is 0 Å². The molecular formula is C19H21N3O4S3. The minimum Gasteiger partial charge on any atom is -0.256 e. The maximum Gasteiger partial charge on any atom is 0.250 e. The van der Waals surface area contributed by atoms with E-state index in [0.29, 0.717) is 23.7 Å². The Kier molecular flexibility index (Phi) is 5.47. The van der Waals surface area contributed by atoms with E-state index in [4.69, 9.17) is 0 Å². The van der Waals surface area contributed by atoms with Gasteiger partial charge in [0.2, 0.25) is 20.0 Å². The van der Waals surface area contributed by atoms with E-state index in [1.165, 1.54) is 4.31 Å². The number of piperidine rings is 1. The Bertz CT molecular complexity index is 1230. The van der Waals surface area contributed by atoms with Gasteiger partial charge >= 0.3 is 0 Å². The number of thiophene rings is 1. The molecule has 7 nitrogen and oxygen atoms in total. The van der Waals surface area contributed by atoms with Crippen LogP contribution in [0.25, 0.3) is 10.9 Å². The Morgan fingerprint density at radius 1 is 1.07 bits per heavy atom. The molecule has 1 aliphatic heterocycles. The molecule has 0 radical (unpaired) electrons. The van der Waals surface area contributed by atoms with Crippen molar-refractivity contribution in [2.45, 2.75) is 34.9 Å². The molecule has 3 heterocycles. The molecule has 10 heteroatoms. The second-order valence-electron chi connectivity index (χ2n) is 7.01. The van der Waals surface area contributed by atoms with Gasteiger partial charge in [-0.1, -0.05) is 12.1 Å². The quantitative estimate of drug-likeness (QED) is 0.643. The third-order valence-corrected chi connectivity index (χ3v) is 9.96. The number of benzene rings is 1. The van der Waals surface area contributed by atoms with Crippen molar-refractivity contribution in [2.75, 3.05) is 13.1 Å². The van der Waals surface area contributed by atoms with Crippen molar-refractivity contribution in [1.29, 1.82) is 0 Å². The van der Waals surface area contributed by atoms with Crippen LogP contribution in [0.2, 0.25) is 0 Å². The average Bonchev–Trinajstić information content (AvgIpc) is 3.24. The van der Waals surface area contributed by atoms with Crippen molar-refractivity contribution in [1.82, 2.24) is 14.0 Å². The van der Waals surface area contributed by atoms with Crippen LogP contribution in [0.1, 0.15) is 18.4 Å². The van der Waals surface area contributed by atoms with Gasteiger partial charge in [-0.2, -0.15) is 4.31 Å². The number of fused-ring (bicyclic) bond motifs is 1. The lowest BCUT2D eigenvalue weighted by atomic mass is 10.1. The molecule has 154 valence electrons. The zero-order valence-electron chi connectivity index (χ0n) is 15.8. The van der Waals surface area contributed by atoms with Gasteiger partial charge in [0.05, 0.1) is 10.4 Å². The first-order valence-corrected chi connectivity index (χ1v) is 13.0. The number of rotatable bonds is 5. The number of hydrogen-bond donors (Lipinski definition) is 1. The van der Waals surface area contributed by atoms with E-state index in [-0.39, 0.29) is 28.2 Å². The van der Waals surface area contributed by atoms with Gasteiger partial charge in [-0.3, -0.25) is 4.98 Å². The lowest BCUT2D eigenvalue weighted by Gasteiger charge is -2.31. The minimum atomic E-state index is -3.70. The Morgan fingerprint density at radius 3 is 2.52 bits per heavy atom. The van der Waals surface area contributed by atoms with Crippen LogP contribution in [0, 0.1) is 6.92 Å². The van der Waals surface area contributed by atoms with Gasteiger partial charge in [0.25, 0.3) is 0 Å². The molecular weight excluding hydrogens is 430 g/mol. The van der Waals surface area contributed by atoms with E-state index in [1.807, 2.05) is 6.92 Å². The number of hydrogen-bond acceptors (Lipinski definition) is 6. The topological polar surface area (TPSA) is 96.4 Å². The number of aromatic nitrogens is 1. The Morgan fingerprint density at radius 2 is 1.83 bits per heavy atom. The van der Waals surface area contributed by atoms with Crippen molar-refractivity contribution < 1.29 is 16.8 Å². The fourth-order valence-corrected chi connectivity index (χ4v) is 7.53. The number of sulfonamides is 2. The van der Waals surface area contributed by atoms with E-state index >= 15 is 0 Å². The lowest BCUT2D eigenvalue weighted by Crippen LogP contribution is -2.46. The van der Waals surface area contributed by atoms with Crippen LogP contribution in [0.4, 0.5) is 0 Å². The molecule has 4 rings (SSSR count). The molecule has 1 aromatic carbocycles. The molecule has 0 saturated carbocycles. The highest BCUT2D eigenvalue weighted by Crippen LogP contribution is 2.29. The third-order valence-electron chi connectivity index (χ3n) is 5.08. The predicted octanol–water partition coefficient (Wildman–Crippen LogP) is 2.74. The van der Waals surface area contributed by atoms with Crippen LogP contribution in [-0.2, 0) is 20.0 Å². The van der Waals surface area contributed by atoms with Gasteiger partial charge in [0.15, 0.2) is 0 Å². The number of nitrogens with zero attached hydrogens (tertiary/aromatic N) is 2. The maximum absolute atomic E-state index is 13.3. The molecule has 3 aromatic rings. The van der Waals surface area contributed by atoms with Gasteiger partial charge in [-0.15, -0.1) is 11.3 Å². The summed E-state index contributed by atoms with van der Waals surface area (Å²) in [5.74, 6) is 0. The predicted molar refractivity (Wildman–Crippen MR) is 113 cm³/mol. The van der Waals surface area contributed by atoms with Gasteiger partial charge in [-0.05, 0) is 55.0 Å². The molecule has 1 fully saturated rings. The van der Waals surface area contributed by atoms with Crippen molar-refractivity contribution >= 4 is 42.3 Å². The van der Waals surface area contributed by atoms with Crippen molar-refractivity contribution in [2.24, 2.45) is 0 Å². The summed E-state index contributed by atoms with van der Waals surface area (Å²) in [6.07, 6.45) is 2.49. The summed E-state index contributed by atoms with van der Waals surface area (Å²) < 4.78 is 55.7. The average molecular weight is 452 g/mol. The molecule has 1 N–H and O–H groups in total. The summed E-state index contributed by atoms with van der Waals surface area (Å²) >= 11 is 1.16. The smallest absolute Gasteiger partial charge is 0.250 e. The molecule has 0 atom stereocenters. The highest BCUT2D eigenvalue weighted by molar-refractivity contribution is 7.91. The zero-order chi connectivity index (χ0) is 20.6. The Balaban J connectivity index is 1.52. The first-order chi connectivity index (χ1) is 13.8. The van der Waals surface area contributed by atoms with Gasteiger partial charge in [-0.25, -0.2) is 21.6 Å². The van der Waals surface area contributed by atoms with Crippen LogP contribution >= 0.6 is 11.3 Å². The summed E-state index contributed by atoms with van der Waals surface area (Å²) in [5, 5.41) is 2.32. The molecule has 0 amide bonds. The number of pyridine rings is 1. The van der Waals surface area contributed by atoms with Crippen LogP contribution in [0.3, 0.4) is 0 Å². The molecule has 29 heavy (non-hydrogen) atoms. The van der Waals surface area contributed by atoms with Gasteiger partial charge in [0, 0.05) is 30.7 Å². The fraction of sp³-hybridized carbons (Fsp3) is 0.316. The molecule has 2 aromatic heterocycles. The van der Waals surface area contributed by atoms with E-state index in [2.05, 4.69) is 9.71 Å². The Hall–Kier alpha value is -1.85. The first-order valence-electron chi connectivity index (χ1n) is 9.19. The van der Waals surface area contributed by atoms with E-state index in [1.54, 1.807) is 48.0 Å². The SMILES string of the molecule is Cc1ccc(S(=O)(=O)N2CCC(NS(=O)(=O)c3cccs3)CC2)c2cccnc12. The van der Waals surface area contributed by atoms with Crippen molar-refractivity contribution in [3.8, 4) is 0 Å². The van der Waals surface area contributed by atoms with Crippen LogP contribution in [0.15, 0.2) is 57.1 Å². The zero-order valence-corrected chi connectivity index (χ0v) is 18.2. The van der Waals surface area contributed by atoms with Gasteiger partial charge in [0.1, 0.15) is 4.21 Å². The summed E-state index contributed by atoms with van der Waals surface area (Å²) in [7, 11) is -7.26. The highest BCUT2D eigenvalue weighted by Gasteiger charge is 2.32. The lowest BCUT2D eigenvalue weighted by molar-refractivity contribution is 0.309. The maximum atomic E-state index is 13.3. The second kappa shape index (κ2) is 7.77. The summed E-state index contributed by atoms with van der Waals surface area (Å²) in [5.41, 5.74) is 1.59. The number of aryl methyl sites for hydroxylation is 1. The van der Waals surface area contributed by atoms with Crippen LogP contribution in [0.5, 0.6) is 0 Å². The fourth-order valence-electron chi connectivity index (χ4n) is 3.56. The third kappa shape index (κ3) is 3.95. The largest absolute Gasteiger partial charge is 0.256 e. The molecule has 0 bridgehead atoms. The second-order valence-corrected chi connectivity index (χ2v) is 11.8. The summed E-state index contributed by atoms with van der Waals surface area (Å²) in [6.45, 7) is 2.42. The van der Waals surface area contributed by atoms with E-state index < -0.39 is 20.0 Å². The minimum absolute atomic E-state index is 0.240. The van der Waals surface area contributed by atoms with Crippen molar-refractivity contribution in [3.05, 3.63) is 53.5 Å². The van der Waals surface area contributed by atoms with E-state index in [0.717, 1.165) is 16.9 Å².